The lowest BCUT2D eigenvalue weighted by Gasteiger charge is -2.44. The number of rotatable bonds is 8. The van der Waals surface area contributed by atoms with Gasteiger partial charge in [-0.15, -0.1) is 15.0 Å². The van der Waals surface area contributed by atoms with Crippen molar-refractivity contribution in [2.24, 2.45) is 0 Å². The van der Waals surface area contributed by atoms with Crippen LogP contribution in [0, 0.1) is 5.82 Å². The number of carbonyl (C=O) groups excluding carboxylic acids is 1. The van der Waals surface area contributed by atoms with Crippen LogP contribution in [0.1, 0.15) is 25.0 Å². The highest BCUT2D eigenvalue weighted by molar-refractivity contribution is 5.78. The Bertz CT molecular complexity index is 1370. The lowest BCUT2D eigenvalue weighted by atomic mass is 10.1. The first-order valence-corrected chi connectivity index (χ1v) is 12.9. The number of fused-ring (bicyclic) bond motifs is 1. The third-order valence-corrected chi connectivity index (χ3v) is 7.01. The van der Waals surface area contributed by atoms with Gasteiger partial charge in [0.05, 0.1) is 0 Å². The van der Waals surface area contributed by atoms with E-state index < -0.39 is 0 Å². The van der Waals surface area contributed by atoms with Crippen LogP contribution >= 0.6 is 0 Å². The van der Waals surface area contributed by atoms with E-state index in [4.69, 9.17) is 4.74 Å². The van der Waals surface area contributed by atoms with Gasteiger partial charge in [-0.3, -0.25) is 9.69 Å². The van der Waals surface area contributed by atoms with Crippen LogP contribution in [0.5, 0.6) is 5.75 Å². The number of nitrogens with zero attached hydrogens (tertiary/aromatic N) is 5. The first-order valence-electron chi connectivity index (χ1n) is 12.9. The SMILES string of the molecule is C[C@@H]1CN(C(=O)COc2ccc(CCO)cc2-n2nc3ccccc3n2)[C@@H](C)CN1Cc1ccc(F)cc1. The first kappa shape index (κ1) is 25.8. The van der Waals surface area contributed by atoms with Crippen molar-refractivity contribution < 1.29 is 19.0 Å². The molecule has 198 valence electrons. The molecule has 3 aromatic carbocycles. The van der Waals surface area contributed by atoms with E-state index in [-0.39, 0.29) is 37.0 Å². The Morgan fingerprint density at radius 3 is 2.34 bits per heavy atom. The predicted molar refractivity (Wildman–Crippen MR) is 143 cm³/mol. The van der Waals surface area contributed by atoms with Crippen molar-refractivity contribution in [3.8, 4) is 11.4 Å². The maximum Gasteiger partial charge on any atom is 0.260 e. The molecule has 1 amide bonds. The third-order valence-electron chi connectivity index (χ3n) is 7.01. The fourth-order valence-electron chi connectivity index (χ4n) is 4.91. The zero-order chi connectivity index (χ0) is 26.6. The molecule has 8 nitrogen and oxygen atoms in total. The summed E-state index contributed by atoms with van der Waals surface area (Å²) in [5.74, 6) is 0.166. The van der Waals surface area contributed by atoms with Crippen LogP contribution in [-0.2, 0) is 17.8 Å². The minimum Gasteiger partial charge on any atom is -0.481 e. The van der Waals surface area contributed by atoms with Gasteiger partial charge < -0.3 is 14.7 Å². The van der Waals surface area contributed by atoms with E-state index in [0.717, 1.165) is 28.7 Å². The van der Waals surface area contributed by atoms with Crippen LogP contribution < -0.4 is 4.74 Å². The monoisotopic (exact) mass is 517 g/mol. The molecule has 0 saturated carbocycles. The predicted octanol–water partition coefficient (Wildman–Crippen LogP) is 3.59. The molecule has 1 saturated heterocycles. The summed E-state index contributed by atoms with van der Waals surface area (Å²) in [6, 6.07) is 19.9. The second-order valence-electron chi connectivity index (χ2n) is 9.84. The Kier molecular flexibility index (Phi) is 7.67. The van der Waals surface area contributed by atoms with Gasteiger partial charge in [0.25, 0.3) is 5.91 Å². The highest BCUT2D eigenvalue weighted by Crippen LogP contribution is 2.26. The van der Waals surface area contributed by atoms with Crippen molar-refractivity contribution in [1.29, 1.82) is 0 Å². The fraction of sp³-hybridized carbons (Fsp3) is 0.345. The van der Waals surface area contributed by atoms with Crippen molar-refractivity contribution in [1.82, 2.24) is 24.8 Å². The zero-order valence-corrected chi connectivity index (χ0v) is 21.6. The Morgan fingerprint density at radius 1 is 0.974 bits per heavy atom. The lowest BCUT2D eigenvalue weighted by molar-refractivity contribution is -0.139. The molecule has 1 N–H and O–H groups in total. The third kappa shape index (κ3) is 5.69. The molecule has 1 aliphatic heterocycles. The molecule has 2 heterocycles. The molecule has 0 unspecified atom stereocenters. The van der Waals surface area contributed by atoms with Crippen LogP contribution in [0.3, 0.4) is 0 Å². The molecule has 1 aromatic heterocycles. The second-order valence-corrected chi connectivity index (χ2v) is 9.84. The number of hydrogen-bond acceptors (Lipinski definition) is 6. The number of carbonyl (C=O) groups is 1. The van der Waals surface area contributed by atoms with Crippen molar-refractivity contribution in [3.63, 3.8) is 0 Å². The number of ether oxygens (including phenoxy) is 1. The number of aliphatic hydroxyl groups is 1. The van der Waals surface area contributed by atoms with Crippen molar-refractivity contribution in [2.75, 3.05) is 26.3 Å². The average molecular weight is 518 g/mol. The minimum atomic E-state index is -0.242. The van der Waals surface area contributed by atoms with Crippen LogP contribution in [0.15, 0.2) is 66.7 Å². The summed E-state index contributed by atoms with van der Waals surface area (Å²) in [7, 11) is 0. The van der Waals surface area contributed by atoms with Crippen molar-refractivity contribution in [2.45, 2.75) is 38.9 Å². The fourth-order valence-corrected chi connectivity index (χ4v) is 4.91. The van der Waals surface area contributed by atoms with Gasteiger partial charge in [-0.05, 0) is 67.8 Å². The summed E-state index contributed by atoms with van der Waals surface area (Å²) < 4.78 is 19.3. The van der Waals surface area contributed by atoms with Gasteiger partial charge in [0.2, 0.25) is 0 Å². The number of aliphatic hydroxyl groups excluding tert-OH is 1. The normalized spacial score (nSPS) is 18.2. The maximum atomic E-state index is 13.3. The Balaban J connectivity index is 1.28. The molecule has 0 bridgehead atoms. The van der Waals surface area contributed by atoms with Crippen molar-refractivity contribution >= 4 is 16.9 Å². The standard InChI is InChI=1S/C29H32FN5O3/c1-20-17-34(21(2)16-33(20)18-23-7-10-24(30)11-8-23)29(37)19-38-28-12-9-22(13-14-36)15-27(28)35-31-25-5-3-4-6-26(25)32-35/h3-12,15,20-21,36H,13-14,16-19H2,1-2H3/t20-,21+/m1/s1. The molecule has 1 aliphatic rings. The van der Waals surface area contributed by atoms with E-state index >= 15 is 0 Å². The van der Waals surface area contributed by atoms with Gasteiger partial charge in [0, 0.05) is 38.3 Å². The lowest BCUT2D eigenvalue weighted by Crippen LogP contribution is -2.58. The first-order chi connectivity index (χ1) is 18.4. The average Bonchev–Trinajstić information content (AvgIpc) is 3.35. The van der Waals surface area contributed by atoms with Gasteiger partial charge >= 0.3 is 0 Å². The Labute approximate surface area is 221 Å². The van der Waals surface area contributed by atoms with Gasteiger partial charge in [-0.2, -0.15) is 0 Å². The molecular weight excluding hydrogens is 485 g/mol. The smallest absolute Gasteiger partial charge is 0.260 e. The summed E-state index contributed by atoms with van der Waals surface area (Å²) in [4.78, 5) is 19.0. The van der Waals surface area contributed by atoms with E-state index in [1.807, 2.05) is 48.2 Å². The van der Waals surface area contributed by atoms with Gasteiger partial charge in [0.1, 0.15) is 28.3 Å². The molecule has 2 atom stereocenters. The number of halogens is 1. The Morgan fingerprint density at radius 2 is 1.66 bits per heavy atom. The molecule has 5 rings (SSSR count). The van der Waals surface area contributed by atoms with Crippen molar-refractivity contribution in [3.05, 3.63) is 83.7 Å². The summed E-state index contributed by atoms with van der Waals surface area (Å²) in [6.45, 7) is 6.06. The molecule has 4 aromatic rings. The van der Waals surface area contributed by atoms with Gasteiger partial charge in [0.15, 0.2) is 6.61 Å². The van der Waals surface area contributed by atoms with E-state index in [0.29, 0.717) is 30.9 Å². The summed E-state index contributed by atoms with van der Waals surface area (Å²) in [5.41, 5.74) is 4.09. The van der Waals surface area contributed by atoms with E-state index in [2.05, 4.69) is 22.0 Å². The molecule has 0 spiro atoms. The molecule has 0 aliphatic carbocycles. The summed E-state index contributed by atoms with van der Waals surface area (Å²) in [6.07, 6.45) is 0.491. The van der Waals surface area contributed by atoms with E-state index in [1.165, 1.54) is 16.9 Å². The van der Waals surface area contributed by atoms with E-state index in [1.54, 1.807) is 18.2 Å². The van der Waals surface area contributed by atoms with Crippen LogP contribution in [-0.4, -0.2) is 74.2 Å². The van der Waals surface area contributed by atoms with Crippen LogP contribution in [0.4, 0.5) is 4.39 Å². The van der Waals surface area contributed by atoms with Crippen LogP contribution in [0.25, 0.3) is 16.7 Å². The highest BCUT2D eigenvalue weighted by atomic mass is 19.1. The van der Waals surface area contributed by atoms with E-state index in [9.17, 15) is 14.3 Å². The Hall–Kier alpha value is -3.82. The summed E-state index contributed by atoms with van der Waals surface area (Å²) >= 11 is 0. The highest BCUT2D eigenvalue weighted by Gasteiger charge is 2.32. The van der Waals surface area contributed by atoms with Gasteiger partial charge in [-0.1, -0.05) is 30.3 Å². The molecular formula is C29H32FN5O3. The second kappa shape index (κ2) is 11.3. The number of amides is 1. The molecule has 38 heavy (non-hydrogen) atoms. The topological polar surface area (TPSA) is 83.7 Å². The van der Waals surface area contributed by atoms with Crippen LogP contribution in [0.2, 0.25) is 0 Å². The number of hydrogen-bond donors (Lipinski definition) is 1. The molecule has 0 radical (unpaired) electrons. The largest absolute Gasteiger partial charge is 0.481 e. The summed E-state index contributed by atoms with van der Waals surface area (Å²) in [5, 5.41) is 18.6. The minimum absolute atomic E-state index is 0.00669. The number of piperazine rings is 1. The zero-order valence-electron chi connectivity index (χ0n) is 21.6. The molecule has 9 heteroatoms. The quantitative estimate of drug-likeness (QED) is 0.385. The molecule has 1 fully saturated rings. The number of aromatic nitrogens is 3. The maximum absolute atomic E-state index is 13.3. The number of benzene rings is 3. The van der Waals surface area contributed by atoms with Gasteiger partial charge in [-0.25, -0.2) is 4.39 Å².